The molecule has 0 radical (unpaired) electrons. The van der Waals surface area contributed by atoms with Gasteiger partial charge in [-0.2, -0.15) is 0 Å². The summed E-state index contributed by atoms with van der Waals surface area (Å²) in [7, 11) is 0. The number of carbonyl (C=O) groups excluding carboxylic acids is 1. The van der Waals surface area contributed by atoms with Crippen LogP contribution in [-0.4, -0.2) is 25.5 Å². The lowest BCUT2D eigenvalue weighted by Crippen LogP contribution is -2.41. The minimum absolute atomic E-state index is 0.0120. The monoisotopic (exact) mass is 268 g/mol. The number of nitrogens with one attached hydrogen (secondary N) is 2. The molecule has 1 amide bonds. The predicted molar refractivity (Wildman–Crippen MR) is 68.7 cm³/mol. The van der Waals surface area contributed by atoms with Gasteiger partial charge >= 0.3 is 0 Å². The molecule has 1 aromatic carbocycles. The molecular weight excluding hydrogens is 250 g/mol. The molecule has 2 N–H and O–H groups in total. The second-order valence-electron chi connectivity index (χ2n) is 4.86. The van der Waals surface area contributed by atoms with Gasteiger partial charge in [-0.3, -0.25) is 4.79 Å². The number of piperidine rings is 1. The fraction of sp³-hybridized carbons (Fsp3) is 0.500. The van der Waals surface area contributed by atoms with E-state index in [1.165, 1.54) is 12.1 Å². The zero-order valence-electron chi connectivity index (χ0n) is 10.7. The van der Waals surface area contributed by atoms with Gasteiger partial charge in [0, 0.05) is 19.2 Å². The number of benzene rings is 1. The smallest absolute Gasteiger partial charge is 0.224 e. The van der Waals surface area contributed by atoms with E-state index >= 15 is 0 Å². The molecule has 0 bridgehead atoms. The molecule has 104 valence electrons. The van der Waals surface area contributed by atoms with Crippen molar-refractivity contribution < 1.29 is 13.6 Å². The zero-order chi connectivity index (χ0) is 13.7. The summed E-state index contributed by atoms with van der Waals surface area (Å²) in [6.45, 7) is 2.07. The van der Waals surface area contributed by atoms with Crippen molar-refractivity contribution in [1.82, 2.24) is 10.6 Å². The van der Waals surface area contributed by atoms with Crippen molar-refractivity contribution in [2.45, 2.75) is 19.3 Å². The van der Waals surface area contributed by atoms with E-state index in [9.17, 15) is 13.6 Å². The van der Waals surface area contributed by atoms with E-state index in [0.29, 0.717) is 25.1 Å². The second kappa shape index (κ2) is 6.61. The van der Waals surface area contributed by atoms with Crippen molar-refractivity contribution in [3.8, 4) is 0 Å². The summed E-state index contributed by atoms with van der Waals surface area (Å²) in [5, 5.41) is 5.99. The molecule has 0 saturated carbocycles. The third-order valence-electron chi connectivity index (χ3n) is 3.30. The zero-order valence-corrected chi connectivity index (χ0v) is 10.7. The van der Waals surface area contributed by atoms with Crippen LogP contribution in [-0.2, 0) is 11.2 Å². The first-order chi connectivity index (χ1) is 9.15. The molecule has 1 aliphatic heterocycles. The van der Waals surface area contributed by atoms with Crippen LogP contribution in [0.1, 0.15) is 18.4 Å². The van der Waals surface area contributed by atoms with Crippen LogP contribution in [0.5, 0.6) is 0 Å². The molecule has 0 aliphatic carbocycles. The summed E-state index contributed by atoms with van der Waals surface area (Å²) in [5.74, 6) is -1.14. The highest BCUT2D eigenvalue weighted by atomic mass is 19.1. The highest BCUT2D eigenvalue weighted by Crippen LogP contribution is 2.10. The number of amides is 1. The molecule has 0 aromatic heterocycles. The summed E-state index contributed by atoms with van der Waals surface area (Å²) in [4.78, 5) is 11.8. The lowest BCUT2D eigenvalue weighted by molar-refractivity contribution is -0.125. The van der Waals surface area contributed by atoms with Gasteiger partial charge in [0.25, 0.3) is 0 Å². The molecule has 1 heterocycles. The summed E-state index contributed by atoms with van der Waals surface area (Å²) in [6, 6.07) is 3.42. The van der Waals surface area contributed by atoms with Gasteiger partial charge in [0.1, 0.15) is 11.6 Å². The summed E-state index contributed by atoms with van der Waals surface area (Å²) in [6.07, 6.45) is 2.33. The Hall–Kier alpha value is -1.49. The lowest BCUT2D eigenvalue weighted by atomic mass is 9.99. The van der Waals surface area contributed by atoms with Gasteiger partial charge < -0.3 is 10.6 Å². The molecule has 1 atom stereocenters. The van der Waals surface area contributed by atoms with Crippen LogP contribution >= 0.6 is 0 Å². The van der Waals surface area contributed by atoms with Crippen LogP contribution in [0.15, 0.2) is 18.2 Å². The Balaban J connectivity index is 1.77. The first-order valence-corrected chi connectivity index (χ1v) is 6.58. The number of halogens is 2. The third-order valence-corrected chi connectivity index (χ3v) is 3.30. The van der Waals surface area contributed by atoms with Gasteiger partial charge in [-0.05, 0) is 43.5 Å². The van der Waals surface area contributed by atoms with Crippen LogP contribution in [0.25, 0.3) is 0 Å². The van der Waals surface area contributed by atoms with Crippen molar-refractivity contribution in [2.75, 3.05) is 19.6 Å². The maximum Gasteiger partial charge on any atom is 0.224 e. The number of rotatable bonds is 4. The van der Waals surface area contributed by atoms with Crippen molar-refractivity contribution in [3.63, 3.8) is 0 Å². The fourth-order valence-electron chi connectivity index (χ4n) is 2.31. The molecule has 1 aromatic rings. The van der Waals surface area contributed by atoms with Gasteiger partial charge in [-0.25, -0.2) is 8.78 Å². The van der Waals surface area contributed by atoms with Gasteiger partial charge in [-0.15, -0.1) is 0 Å². The molecule has 0 unspecified atom stereocenters. The lowest BCUT2D eigenvalue weighted by Gasteiger charge is -2.21. The first-order valence-electron chi connectivity index (χ1n) is 6.58. The molecule has 0 spiro atoms. The van der Waals surface area contributed by atoms with Gasteiger partial charge in [-0.1, -0.05) is 0 Å². The molecule has 1 fully saturated rings. The Bertz CT molecular complexity index is 425. The molecule has 1 saturated heterocycles. The average Bonchev–Trinajstić information content (AvgIpc) is 2.38. The number of hydrogen-bond donors (Lipinski definition) is 2. The van der Waals surface area contributed by atoms with E-state index in [-0.39, 0.29) is 11.8 Å². The highest BCUT2D eigenvalue weighted by Gasteiger charge is 2.20. The van der Waals surface area contributed by atoms with Gasteiger partial charge in [0.05, 0.1) is 5.92 Å². The predicted octanol–water partition coefficient (Wildman–Crippen LogP) is 1.62. The number of hydrogen-bond acceptors (Lipinski definition) is 2. The van der Waals surface area contributed by atoms with Crippen LogP contribution in [0.2, 0.25) is 0 Å². The Morgan fingerprint density at radius 2 is 2.05 bits per heavy atom. The van der Waals surface area contributed by atoms with Crippen molar-refractivity contribution in [2.24, 2.45) is 5.92 Å². The minimum Gasteiger partial charge on any atom is -0.355 e. The standard InChI is InChI=1S/C14H18F2N2O/c15-12-6-10(7-13(16)8-12)3-5-18-14(19)11-2-1-4-17-9-11/h6-8,11,17H,1-5,9H2,(H,18,19)/t11-/m1/s1. The normalized spacial score (nSPS) is 19.2. The Labute approximate surface area is 111 Å². The summed E-state index contributed by atoms with van der Waals surface area (Å²) < 4.78 is 25.9. The first kappa shape index (κ1) is 13.9. The molecule has 1 aliphatic rings. The fourth-order valence-corrected chi connectivity index (χ4v) is 2.31. The van der Waals surface area contributed by atoms with E-state index in [1.807, 2.05) is 0 Å². The maximum absolute atomic E-state index is 13.0. The van der Waals surface area contributed by atoms with Crippen LogP contribution in [0.4, 0.5) is 8.78 Å². The highest BCUT2D eigenvalue weighted by molar-refractivity contribution is 5.78. The van der Waals surface area contributed by atoms with Crippen molar-refractivity contribution in [1.29, 1.82) is 0 Å². The second-order valence-corrected chi connectivity index (χ2v) is 4.86. The van der Waals surface area contributed by atoms with E-state index in [2.05, 4.69) is 10.6 Å². The van der Waals surface area contributed by atoms with Crippen LogP contribution in [0.3, 0.4) is 0 Å². The molecule has 19 heavy (non-hydrogen) atoms. The average molecular weight is 268 g/mol. The molecule has 2 rings (SSSR count). The number of carbonyl (C=O) groups is 1. The van der Waals surface area contributed by atoms with Gasteiger partial charge in [0.2, 0.25) is 5.91 Å². The quantitative estimate of drug-likeness (QED) is 0.871. The van der Waals surface area contributed by atoms with Crippen molar-refractivity contribution in [3.05, 3.63) is 35.4 Å². The SMILES string of the molecule is O=C(NCCc1cc(F)cc(F)c1)[C@@H]1CCCNC1. The van der Waals surface area contributed by atoms with E-state index in [4.69, 9.17) is 0 Å². The third kappa shape index (κ3) is 4.28. The topological polar surface area (TPSA) is 41.1 Å². The van der Waals surface area contributed by atoms with Gasteiger partial charge in [0.15, 0.2) is 0 Å². The Morgan fingerprint density at radius 1 is 1.32 bits per heavy atom. The summed E-state index contributed by atoms with van der Waals surface area (Å²) >= 11 is 0. The Morgan fingerprint density at radius 3 is 2.68 bits per heavy atom. The molecular formula is C14H18F2N2O. The summed E-state index contributed by atoms with van der Waals surface area (Å²) in [5.41, 5.74) is 0.555. The van der Waals surface area contributed by atoms with E-state index in [1.54, 1.807) is 0 Å². The van der Waals surface area contributed by atoms with Crippen molar-refractivity contribution >= 4 is 5.91 Å². The van der Waals surface area contributed by atoms with Crippen LogP contribution in [0, 0.1) is 17.6 Å². The maximum atomic E-state index is 13.0. The molecule has 5 heteroatoms. The Kier molecular flexibility index (Phi) is 4.85. The van der Waals surface area contributed by atoms with E-state index < -0.39 is 11.6 Å². The van der Waals surface area contributed by atoms with E-state index in [0.717, 1.165) is 25.5 Å². The molecule has 3 nitrogen and oxygen atoms in total. The minimum atomic E-state index is -0.585. The van der Waals surface area contributed by atoms with Crippen LogP contribution < -0.4 is 10.6 Å². The largest absolute Gasteiger partial charge is 0.355 e.